The van der Waals surface area contributed by atoms with Gasteiger partial charge in [-0.3, -0.25) is 9.59 Å². The molecule has 0 aromatic heterocycles. The summed E-state index contributed by atoms with van der Waals surface area (Å²) < 4.78 is 0. The molecule has 0 aliphatic carbocycles. The third kappa shape index (κ3) is 6.14. The van der Waals surface area contributed by atoms with Crippen molar-refractivity contribution in [2.75, 3.05) is 29.9 Å². The highest BCUT2D eigenvalue weighted by Gasteiger charge is 2.22. The number of halogens is 2. The van der Waals surface area contributed by atoms with Crippen LogP contribution in [-0.2, 0) is 0 Å². The molecular formula is C24H29Cl2N3O2. The molecule has 0 bridgehead atoms. The van der Waals surface area contributed by atoms with Gasteiger partial charge < -0.3 is 15.5 Å². The summed E-state index contributed by atoms with van der Waals surface area (Å²) >= 11 is 12.0. The van der Waals surface area contributed by atoms with Crippen LogP contribution in [0.5, 0.6) is 0 Å². The summed E-state index contributed by atoms with van der Waals surface area (Å²) in [5.74, 6) is 0.597. The highest BCUT2D eigenvalue weighted by Crippen LogP contribution is 2.29. The lowest BCUT2D eigenvalue weighted by atomic mass is 9.97. The quantitative estimate of drug-likeness (QED) is 0.565. The molecule has 2 amide bonds. The van der Waals surface area contributed by atoms with Gasteiger partial charge in [-0.2, -0.15) is 0 Å². The number of nitrogens with zero attached hydrogens (tertiary/aromatic N) is 1. The van der Waals surface area contributed by atoms with Crippen LogP contribution in [0.3, 0.4) is 0 Å². The maximum absolute atomic E-state index is 13.0. The smallest absolute Gasteiger partial charge is 0.255 e. The van der Waals surface area contributed by atoms with E-state index in [0.717, 1.165) is 31.6 Å². The Bertz CT molecular complexity index is 954. The van der Waals surface area contributed by atoms with Crippen molar-refractivity contribution in [2.24, 2.45) is 11.8 Å². The number of hydrogen-bond donors (Lipinski definition) is 2. The van der Waals surface area contributed by atoms with Crippen molar-refractivity contribution < 1.29 is 9.59 Å². The van der Waals surface area contributed by atoms with Gasteiger partial charge in [0.25, 0.3) is 11.8 Å². The fourth-order valence-electron chi connectivity index (χ4n) is 3.55. The monoisotopic (exact) mass is 461 g/mol. The van der Waals surface area contributed by atoms with Gasteiger partial charge in [0, 0.05) is 36.6 Å². The molecular weight excluding hydrogens is 433 g/mol. The van der Waals surface area contributed by atoms with Crippen molar-refractivity contribution in [2.45, 2.75) is 33.6 Å². The zero-order chi connectivity index (χ0) is 22.5. The van der Waals surface area contributed by atoms with Gasteiger partial charge in [-0.1, -0.05) is 44.0 Å². The lowest BCUT2D eigenvalue weighted by molar-refractivity contribution is 0.0948. The van der Waals surface area contributed by atoms with E-state index in [1.165, 1.54) is 6.07 Å². The van der Waals surface area contributed by atoms with Crippen molar-refractivity contribution in [1.82, 2.24) is 5.32 Å². The first-order valence-corrected chi connectivity index (χ1v) is 11.4. The maximum atomic E-state index is 13.0. The number of anilines is 2. The minimum Gasteiger partial charge on any atom is -0.371 e. The number of benzene rings is 2. The van der Waals surface area contributed by atoms with Crippen molar-refractivity contribution in [3.05, 3.63) is 57.6 Å². The van der Waals surface area contributed by atoms with E-state index in [1.807, 2.05) is 12.1 Å². The Labute approximate surface area is 194 Å². The first-order valence-electron chi connectivity index (χ1n) is 10.7. The molecule has 1 heterocycles. The summed E-state index contributed by atoms with van der Waals surface area (Å²) in [5.41, 5.74) is 2.43. The molecule has 0 spiro atoms. The van der Waals surface area contributed by atoms with E-state index in [2.05, 4.69) is 36.3 Å². The van der Waals surface area contributed by atoms with Gasteiger partial charge in [0.1, 0.15) is 0 Å². The topological polar surface area (TPSA) is 61.4 Å². The van der Waals surface area contributed by atoms with Gasteiger partial charge in [0.15, 0.2) is 0 Å². The van der Waals surface area contributed by atoms with Gasteiger partial charge in [0.2, 0.25) is 0 Å². The van der Waals surface area contributed by atoms with E-state index in [1.54, 1.807) is 18.2 Å². The Morgan fingerprint density at radius 2 is 1.74 bits per heavy atom. The summed E-state index contributed by atoms with van der Waals surface area (Å²) in [4.78, 5) is 27.9. The zero-order valence-electron chi connectivity index (χ0n) is 18.2. The molecule has 31 heavy (non-hydrogen) atoms. The average molecular weight is 462 g/mol. The molecule has 1 fully saturated rings. The summed E-state index contributed by atoms with van der Waals surface area (Å²) in [7, 11) is 0. The van der Waals surface area contributed by atoms with E-state index in [-0.39, 0.29) is 11.8 Å². The van der Waals surface area contributed by atoms with Crippen LogP contribution in [0.15, 0.2) is 36.4 Å². The second kappa shape index (κ2) is 10.4. The van der Waals surface area contributed by atoms with E-state index >= 15 is 0 Å². The molecule has 1 aliphatic rings. The number of nitrogens with one attached hydrogen (secondary N) is 2. The van der Waals surface area contributed by atoms with E-state index in [0.29, 0.717) is 45.2 Å². The molecule has 1 saturated heterocycles. The Morgan fingerprint density at radius 3 is 2.39 bits per heavy atom. The third-order valence-electron chi connectivity index (χ3n) is 5.48. The minimum atomic E-state index is -0.313. The number of rotatable bonds is 6. The summed E-state index contributed by atoms with van der Waals surface area (Å²) in [6.45, 7) is 8.80. The van der Waals surface area contributed by atoms with Crippen LogP contribution in [0.25, 0.3) is 0 Å². The molecule has 2 aromatic carbocycles. The van der Waals surface area contributed by atoms with Gasteiger partial charge in [-0.25, -0.2) is 0 Å². The summed E-state index contributed by atoms with van der Waals surface area (Å²) in [6.07, 6.45) is 2.20. The highest BCUT2D eigenvalue weighted by molar-refractivity contribution is 6.42. The molecule has 0 saturated carbocycles. The predicted octanol–water partition coefficient (Wildman–Crippen LogP) is 5.87. The van der Waals surface area contributed by atoms with E-state index in [4.69, 9.17) is 23.2 Å². The molecule has 0 unspecified atom stereocenters. The van der Waals surface area contributed by atoms with Crippen molar-refractivity contribution >= 4 is 46.4 Å². The van der Waals surface area contributed by atoms with Crippen LogP contribution in [-0.4, -0.2) is 31.4 Å². The molecule has 166 valence electrons. The number of carbonyl (C=O) groups excluding carboxylic acids is 2. The fourth-order valence-corrected chi connectivity index (χ4v) is 3.85. The molecule has 1 aliphatic heterocycles. The van der Waals surface area contributed by atoms with Crippen molar-refractivity contribution in [1.29, 1.82) is 0 Å². The van der Waals surface area contributed by atoms with Crippen LogP contribution in [0.2, 0.25) is 10.0 Å². The first-order chi connectivity index (χ1) is 14.7. The molecule has 0 radical (unpaired) electrons. The minimum absolute atomic E-state index is 0.132. The van der Waals surface area contributed by atoms with Crippen LogP contribution >= 0.6 is 23.2 Å². The number of hydrogen-bond acceptors (Lipinski definition) is 3. The summed E-state index contributed by atoms with van der Waals surface area (Å²) in [6, 6.07) is 10.2. The molecule has 5 nitrogen and oxygen atoms in total. The first kappa shape index (κ1) is 23.4. The highest BCUT2D eigenvalue weighted by atomic mass is 35.5. The second-order valence-electron chi connectivity index (χ2n) is 8.59. The Morgan fingerprint density at radius 1 is 1.03 bits per heavy atom. The van der Waals surface area contributed by atoms with Crippen LogP contribution in [0.4, 0.5) is 11.4 Å². The normalized spacial score (nSPS) is 14.6. The molecule has 2 N–H and O–H groups in total. The van der Waals surface area contributed by atoms with Gasteiger partial charge in [-0.15, -0.1) is 0 Å². The van der Waals surface area contributed by atoms with Gasteiger partial charge in [0.05, 0.1) is 15.6 Å². The van der Waals surface area contributed by atoms with Crippen LogP contribution < -0.4 is 15.5 Å². The fraction of sp³-hybridized carbons (Fsp3) is 0.417. The van der Waals surface area contributed by atoms with Gasteiger partial charge >= 0.3 is 0 Å². The molecule has 0 atom stereocenters. The average Bonchev–Trinajstić information content (AvgIpc) is 2.74. The SMILES string of the molecule is CC(C)CNC(=O)c1cc(NC(=O)c2ccc(Cl)c(Cl)c2)ccc1N1CCC(C)CC1. The van der Waals surface area contributed by atoms with Crippen LogP contribution in [0, 0.1) is 11.8 Å². The Kier molecular flexibility index (Phi) is 7.84. The maximum Gasteiger partial charge on any atom is 0.255 e. The Hall–Kier alpha value is -2.24. The molecule has 3 rings (SSSR count). The van der Waals surface area contributed by atoms with Gasteiger partial charge in [-0.05, 0) is 61.1 Å². The van der Waals surface area contributed by atoms with Crippen molar-refractivity contribution in [3.63, 3.8) is 0 Å². The third-order valence-corrected chi connectivity index (χ3v) is 6.22. The molecule has 2 aromatic rings. The number of amides is 2. The lowest BCUT2D eigenvalue weighted by Gasteiger charge is -2.33. The second-order valence-corrected chi connectivity index (χ2v) is 9.40. The standard InChI is InChI=1S/C24H29Cl2N3O2/c1-15(2)14-27-24(31)19-13-18(5-7-22(19)29-10-8-16(3)9-11-29)28-23(30)17-4-6-20(25)21(26)12-17/h4-7,12-13,15-16H,8-11,14H2,1-3H3,(H,27,31)(H,28,30). The largest absolute Gasteiger partial charge is 0.371 e. The summed E-state index contributed by atoms with van der Waals surface area (Å²) in [5, 5.41) is 6.57. The van der Waals surface area contributed by atoms with E-state index < -0.39 is 0 Å². The van der Waals surface area contributed by atoms with Crippen LogP contribution in [0.1, 0.15) is 54.3 Å². The lowest BCUT2D eigenvalue weighted by Crippen LogP contribution is -2.35. The zero-order valence-corrected chi connectivity index (χ0v) is 19.7. The Balaban J connectivity index is 1.85. The molecule has 7 heteroatoms. The van der Waals surface area contributed by atoms with E-state index in [9.17, 15) is 9.59 Å². The number of piperidine rings is 1. The predicted molar refractivity (Wildman–Crippen MR) is 129 cm³/mol. The number of carbonyl (C=O) groups is 2. The van der Waals surface area contributed by atoms with Crippen molar-refractivity contribution in [3.8, 4) is 0 Å².